The number of halogens is 1. The van der Waals surface area contributed by atoms with Crippen LogP contribution < -0.4 is 5.32 Å². The van der Waals surface area contributed by atoms with Crippen LogP contribution in [0.2, 0.25) is 0 Å². The van der Waals surface area contributed by atoms with Gasteiger partial charge in [-0.25, -0.2) is 0 Å². The van der Waals surface area contributed by atoms with E-state index in [9.17, 15) is 9.59 Å². The highest BCUT2D eigenvalue weighted by atomic mass is 79.9. The Bertz CT molecular complexity index is 1060. The molecular formula is C24H21BrN2O2S. The van der Waals surface area contributed by atoms with E-state index >= 15 is 0 Å². The van der Waals surface area contributed by atoms with Crippen molar-refractivity contribution in [1.29, 1.82) is 0 Å². The van der Waals surface area contributed by atoms with Gasteiger partial charge in [-0.3, -0.25) is 9.59 Å². The molecule has 0 spiro atoms. The van der Waals surface area contributed by atoms with Crippen LogP contribution in [0.3, 0.4) is 0 Å². The Kier molecular flexibility index (Phi) is 6.55. The third-order valence-electron chi connectivity index (χ3n) is 5.07. The summed E-state index contributed by atoms with van der Waals surface area (Å²) in [4.78, 5) is 27.8. The monoisotopic (exact) mass is 480 g/mol. The van der Waals surface area contributed by atoms with Gasteiger partial charge >= 0.3 is 0 Å². The molecule has 0 radical (unpaired) electrons. The highest BCUT2D eigenvalue weighted by Gasteiger charge is 2.31. The Morgan fingerprint density at radius 2 is 1.77 bits per heavy atom. The van der Waals surface area contributed by atoms with Crippen molar-refractivity contribution in [3.63, 3.8) is 0 Å². The Balaban J connectivity index is 1.49. The van der Waals surface area contributed by atoms with E-state index in [0.717, 1.165) is 21.4 Å². The lowest BCUT2D eigenvalue weighted by Gasteiger charge is -2.25. The number of nitrogens with zero attached hydrogens (tertiary/aromatic N) is 1. The van der Waals surface area contributed by atoms with Crippen LogP contribution in [0.25, 0.3) is 11.1 Å². The molecule has 1 aliphatic rings. The lowest BCUT2D eigenvalue weighted by Crippen LogP contribution is -2.44. The molecule has 2 amide bonds. The Morgan fingerprint density at radius 3 is 2.57 bits per heavy atom. The van der Waals surface area contributed by atoms with Crippen LogP contribution in [0.15, 0.2) is 83.3 Å². The second-order valence-electron chi connectivity index (χ2n) is 7.06. The van der Waals surface area contributed by atoms with Gasteiger partial charge in [0, 0.05) is 27.9 Å². The van der Waals surface area contributed by atoms with Gasteiger partial charge in [-0.2, -0.15) is 0 Å². The average molecular weight is 481 g/mol. The zero-order valence-corrected chi connectivity index (χ0v) is 18.7. The minimum absolute atomic E-state index is 0.00107. The summed E-state index contributed by atoms with van der Waals surface area (Å²) in [5.74, 6) is 1.30. The molecular weight excluding hydrogens is 460 g/mol. The van der Waals surface area contributed by atoms with Crippen LogP contribution >= 0.6 is 27.7 Å². The number of hydrogen-bond donors (Lipinski definition) is 1. The van der Waals surface area contributed by atoms with Crippen molar-refractivity contribution >= 4 is 39.5 Å². The van der Waals surface area contributed by atoms with Crippen molar-refractivity contribution in [2.24, 2.45) is 0 Å². The summed E-state index contributed by atoms with van der Waals surface area (Å²) in [7, 11) is 0. The van der Waals surface area contributed by atoms with Crippen molar-refractivity contribution in [1.82, 2.24) is 10.2 Å². The van der Waals surface area contributed by atoms with E-state index in [-0.39, 0.29) is 17.9 Å². The number of hydrogen-bond acceptors (Lipinski definition) is 3. The molecule has 3 aromatic rings. The SMILES string of the molecule is O=C(NCC1CSCN1C(=O)c1ccccc1-c1ccccc1)c1cccc(Br)c1. The lowest BCUT2D eigenvalue weighted by atomic mass is 9.98. The summed E-state index contributed by atoms with van der Waals surface area (Å²) < 4.78 is 0.862. The van der Waals surface area contributed by atoms with Gasteiger partial charge in [0.25, 0.3) is 11.8 Å². The minimum atomic E-state index is -0.134. The number of carbonyl (C=O) groups is 2. The van der Waals surface area contributed by atoms with E-state index in [2.05, 4.69) is 21.2 Å². The normalized spacial score (nSPS) is 15.8. The van der Waals surface area contributed by atoms with Gasteiger partial charge in [0.05, 0.1) is 11.9 Å². The smallest absolute Gasteiger partial charge is 0.255 e. The fourth-order valence-electron chi connectivity index (χ4n) is 3.51. The van der Waals surface area contributed by atoms with E-state index < -0.39 is 0 Å². The van der Waals surface area contributed by atoms with Crippen LogP contribution in [0.4, 0.5) is 0 Å². The summed E-state index contributed by atoms with van der Waals surface area (Å²) in [6, 6.07) is 24.9. The van der Waals surface area contributed by atoms with E-state index in [1.54, 1.807) is 23.9 Å². The molecule has 152 valence electrons. The molecule has 0 bridgehead atoms. The first kappa shape index (κ1) is 20.7. The lowest BCUT2D eigenvalue weighted by molar-refractivity contribution is 0.0737. The zero-order valence-electron chi connectivity index (χ0n) is 16.3. The van der Waals surface area contributed by atoms with Crippen LogP contribution in [0.1, 0.15) is 20.7 Å². The number of carbonyl (C=O) groups excluding carboxylic acids is 2. The summed E-state index contributed by atoms with van der Waals surface area (Å²) >= 11 is 5.10. The number of nitrogens with one attached hydrogen (secondary N) is 1. The van der Waals surface area contributed by atoms with Crippen LogP contribution in [0, 0.1) is 0 Å². The number of benzene rings is 3. The van der Waals surface area contributed by atoms with E-state index in [4.69, 9.17) is 0 Å². The molecule has 1 unspecified atom stereocenters. The Morgan fingerprint density at radius 1 is 1.00 bits per heavy atom. The molecule has 1 heterocycles. The number of rotatable bonds is 5. The van der Waals surface area contributed by atoms with Gasteiger partial charge in [0.2, 0.25) is 0 Å². The standard InChI is InChI=1S/C24H21BrN2O2S/c25-19-10-6-9-18(13-19)23(28)26-14-20-15-30-16-27(20)24(29)22-12-5-4-11-21(22)17-7-2-1-3-8-17/h1-13,20H,14-16H2,(H,26,28). The topological polar surface area (TPSA) is 49.4 Å². The molecule has 3 aromatic carbocycles. The van der Waals surface area contributed by atoms with Crippen molar-refractivity contribution in [3.05, 3.63) is 94.5 Å². The maximum atomic E-state index is 13.4. The average Bonchev–Trinajstić information content (AvgIpc) is 3.26. The molecule has 0 aliphatic carbocycles. The zero-order chi connectivity index (χ0) is 20.9. The fraction of sp³-hybridized carbons (Fsp3) is 0.167. The second-order valence-corrected chi connectivity index (χ2v) is 8.98. The largest absolute Gasteiger partial charge is 0.350 e. The van der Waals surface area contributed by atoms with Crippen molar-refractivity contribution in [2.45, 2.75) is 6.04 Å². The van der Waals surface area contributed by atoms with Gasteiger partial charge in [-0.15, -0.1) is 11.8 Å². The maximum Gasteiger partial charge on any atom is 0.255 e. The van der Waals surface area contributed by atoms with Crippen molar-refractivity contribution in [2.75, 3.05) is 18.2 Å². The van der Waals surface area contributed by atoms with Gasteiger partial charge in [-0.05, 0) is 35.4 Å². The van der Waals surface area contributed by atoms with Crippen LogP contribution in [-0.4, -0.2) is 40.9 Å². The first-order valence-electron chi connectivity index (χ1n) is 9.70. The number of thioether (sulfide) groups is 1. The highest BCUT2D eigenvalue weighted by Crippen LogP contribution is 2.28. The quantitative estimate of drug-likeness (QED) is 0.554. The van der Waals surface area contributed by atoms with Gasteiger partial charge in [0.1, 0.15) is 0 Å². The summed E-state index contributed by atoms with van der Waals surface area (Å²) in [5, 5.41) is 2.98. The molecule has 1 aliphatic heterocycles. The molecule has 6 heteroatoms. The Labute approximate surface area is 188 Å². The van der Waals surface area contributed by atoms with Gasteiger partial charge in [0.15, 0.2) is 0 Å². The molecule has 4 rings (SSSR count). The molecule has 1 fully saturated rings. The van der Waals surface area contributed by atoms with E-state index in [0.29, 0.717) is 23.5 Å². The predicted octanol–water partition coefficient (Wildman–Crippen LogP) is 5.06. The third kappa shape index (κ3) is 4.60. The fourth-order valence-corrected chi connectivity index (χ4v) is 5.11. The molecule has 4 nitrogen and oxygen atoms in total. The molecule has 30 heavy (non-hydrogen) atoms. The summed E-state index contributed by atoms with van der Waals surface area (Å²) in [6.07, 6.45) is 0. The first-order valence-corrected chi connectivity index (χ1v) is 11.6. The molecule has 1 saturated heterocycles. The number of amides is 2. The van der Waals surface area contributed by atoms with Crippen LogP contribution in [-0.2, 0) is 0 Å². The van der Waals surface area contributed by atoms with Crippen molar-refractivity contribution in [3.8, 4) is 11.1 Å². The van der Waals surface area contributed by atoms with Crippen molar-refractivity contribution < 1.29 is 9.59 Å². The van der Waals surface area contributed by atoms with Gasteiger partial charge in [-0.1, -0.05) is 70.5 Å². The minimum Gasteiger partial charge on any atom is -0.350 e. The maximum absolute atomic E-state index is 13.4. The summed E-state index contributed by atoms with van der Waals surface area (Å²) in [5.41, 5.74) is 3.24. The molecule has 1 atom stereocenters. The predicted molar refractivity (Wildman–Crippen MR) is 126 cm³/mol. The summed E-state index contributed by atoms with van der Waals surface area (Å²) in [6.45, 7) is 0.428. The third-order valence-corrected chi connectivity index (χ3v) is 6.64. The van der Waals surface area contributed by atoms with E-state index in [1.807, 2.05) is 71.6 Å². The first-order chi connectivity index (χ1) is 14.6. The second kappa shape index (κ2) is 9.49. The van der Waals surface area contributed by atoms with E-state index in [1.165, 1.54) is 0 Å². The van der Waals surface area contributed by atoms with Crippen LogP contribution in [0.5, 0.6) is 0 Å². The molecule has 0 aromatic heterocycles. The Hall–Kier alpha value is -2.57. The highest BCUT2D eigenvalue weighted by molar-refractivity contribution is 9.10. The van der Waals surface area contributed by atoms with Gasteiger partial charge < -0.3 is 10.2 Å². The molecule has 1 N–H and O–H groups in total. The molecule has 0 saturated carbocycles.